The molecule has 24 heavy (non-hydrogen) atoms. The summed E-state index contributed by atoms with van der Waals surface area (Å²) in [5.41, 5.74) is 2.20. The highest BCUT2D eigenvalue weighted by molar-refractivity contribution is 5.82. The largest absolute Gasteiger partial charge is 0.496 e. The van der Waals surface area contributed by atoms with E-state index in [4.69, 9.17) is 4.74 Å². The van der Waals surface area contributed by atoms with Gasteiger partial charge in [0.25, 0.3) is 0 Å². The Morgan fingerprint density at radius 1 is 1.29 bits per heavy atom. The van der Waals surface area contributed by atoms with Crippen molar-refractivity contribution in [3.63, 3.8) is 0 Å². The number of fused-ring (bicyclic) bond motifs is 1. The number of amides is 1. The fraction of sp³-hybridized carbons (Fsp3) is 0.588. The quantitative estimate of drug-likeness (QED) is 0.915. The Balaban J connectivity index is 1.70. The van der Waals surface area contributed by atoms with E-state index in [1.807, 2.05) is 18.2 Å². The molecule has 1 aromatic carbocycles. The molecule has 1 heterocycles. The number of nitrogens with zero attached hydrogens (tertiary/aromatic N) is 1. The smallest absolute Gasteiger partial charge is 0.406 e. The summed E-state index contributed by atoms with van der Waals surface area (Å²) in [5, 5.41) is 3.28. The molecule has 2 unspecified atom stereocenters. The SMILES string of the molecule is COc1cccc2c1CCC2NC1CCCN(CC(F)(F)F)C1=O. The third kappa shape index (κ3) is 3.50. The molecule has 4 nitrogen and oxygen atoms in total. The normalized spacial score (nSPS) is 24.2. The van der Waals surface area contributed by atoms with E-state index in [0.717, 1.165) is 34.6 Å². The Hall–Kier alpha value is -1.76. The van der Waals surface area contributed by atoms with Gasteiger partial charge in [-0.25, -0.2) is 0 Å². The van der Waals surface area contributed by atoms with E-state index in [9.17, 15) is 18.0 Å². The van der Waals surface area contributed by atoms with Crippen LogP contribution in [0.2, 0.25) is 0 Å². The van der Waals surface area contributed by atoms with E-state index in [-0.39, 0.29) is 12.6 Å². The van der Waals surface area contributed by atoms with Crippen LogP contribution in [0, 0.1) is 0 Å². The van der Waals surface area contributed by atoms with Crippen molar-refractivity contribution >= 4 is 5.91 Å². The van der Waals surface area contributed by atoms with Crippen LogP contribution in [0.4, 0.5) is 13.2 Å². The lowest BCUT2D eigenvalue weighted by Gasteiger charge is -2.34. The minimum absolute atomic E-state index is 0.0186. The zero-order chi connectivity index (χ0) is 17.3. The lowest BCUT2D eigenvalue weighted by atomic mass is 10.0. The van der Waals surface area contributed by atoms with E-state index >= 15 is 0 Å². The van der Waals surface area contributed by atoms with Crippen molar-refractivity contribution in [3.8, 4) is 5.75 Å². The van der Waals surface area contributed by atoms with Gasteiger partial charge in [-0.15, -0.1) is 0 Å². The number of nitrogens with one attached hydrogen (secondary N) is 1. The Morgan fingerprint density at radius 2 is 2.08 bits per heavy atom. The molecule has 1 N–H and O–H groups in total. The highest BCUT2D eigenvalue weighted by Gasteiger charge is 2.38. The fourth-order valence-electron chi connectivity index (χ4n) is 3.70. The first-order valence-electron chi connectivity index (χ1n) is 8.16. The average molecular weight is 342 g/mol. The summed E-state index contributed by atoms with van der Waals surface area (Å²) in [4.78, 5) is 13.3. The number of carbonyl (C=O) groups excluding carboxylic acids is 1. The standard InChI is InChI=1S/C17H21F3N2O2/c1-24-15-6-2-4-11-12(15)7-8-13(11)21-14-5-3-9-22(16(14)23)10-17(18,19)20/h2,4,6,13-14,21H,3,5,7-10H2,1H3. The molecule has 1 amide bonds. The van der Waals surface area contributed by atoms with Gasteiger partial charge >= 0.3 is 6.18 Å². The second-order valence-corrected chi connectivity index (χ2v) is 6.36. The Kier molecular flexibility index (Phi) is 4.71. The molecule has 1 aliphatic heterocycles. The van der Waals surface area contributed by atoms with Gasteiger partial charge in [0.2, 0.25) is 5.91 Å². The predicted molar refractivity (Wildman–Crippen MR) is 82.8 cm³/mol. The number of piperidine rings is 1. The van der Waals surface area contributed by atoms with Gasteiger partial charge in [0.15, 0.2) is 0 Å². The van der Waals surface area contributed by atoms with Gasteiger partial charge in [-0.05, 0) is 42.9 Å². The fourth-order valence-corrected chi connectivity index (χ4v) is 3.70. The molecule has 1 fully saturated rings. The summed E-state index contributed by atoms with van der Waals surface area (Å²) in [5.74, 6) is 0.375. The highest BCUT2D eigenvalue weighted by atomic mass is 19.4. The maximum Gasteiger partial charge on any atom is 0.406 e. The highest BCUT2D eigenvalue weighted by Crippen LogP contribution is 2.37. The average Bonchev–Trinajstić information content (AvgIpc) is 2.93. The number of rotatable bonds is 4. The molecule has 1 aromatic rings. The lowest BCUT2D eigenvalue weighted by Crippen LogP contribution is -2.53. The van der Waals surface area contributed by atoms with Crippen LogP contribution in [0.15, 0.2) is 18.2 Å². The van der Waals surface area contributed by atoms with Gasteiger partial charge in [-0.2, -0.15) is 13.2 Å². The number of halogens is 3. The number of benzene rings is 1. The van der Waals surface area contributed by atoms with Crippen LogP contribution >= 0.6 is 0 Å². The number of ether oxygens (including phenoxy) is 1. The van der Waals surface area contributed by atoms with Crippen molar-refractivity contribution < 1.29 is 22.7 Å². The van der Waals surface area contributed by atoms with E-state index in [0.29, 0.717) is 12.8 Å². The molecule has 0 spiro atoms. The van der Waals surface area contributed by atoms with Crippen LogP contribution in [0.25, 0.3) is 0 Å². The molecule has 1 saturated heterocycles. The molecule has 2 atom stereocenters. The van der Waals surface area contributed by atoms with Crippen molar-refractivity contribution in [2.45, 2.75) is 43.9 Å². The van der Waals surface area contributed by atoms with Crippen LogP contribution in [0.1, 0.15) is 36.4 Å². The number of likely N-dealkylation sites (tertiary alicyclic amines) is 1. The van der Waals surface area contributed by atoms with Crippen LogP contribution < -0.4 is 10.1 Å². The number of alkyl halides is 3. The molecule has 3 rings (SSSR count). The van der Waals surface area contributed by atoms with Gasteiger partial charge in [-0.1, -0.05) is 12.1 Å². The molecule has 0 aromatic heterocycles. The Bertz CT molecular complexity index is 618. The molecule has 0 radical (unpaired) electrons. The van der Waals surface area contributed by atoms with Crippen LogP contribution in [0.5, 0.6) is 5.75 Å². The molecular formula is C17H21F3N2O2. The lowest BCUT2D eigenvalue weighted by molar-refractivity contribution is -0.165. The van der Waals surface area contributed by atoms with E-state index in [2.05, 4.69) is 5.32 Å². The van der Waals surface area contributed by atoms with Crippen molar-refractivity contribution in [3.05, 3.63) is 29.3 Å². The maximum absolute atomic E-state index is 12.6. The minimum Gasteiger partial charge on any atom is -0.496 e. The van der Waals surface area contributed by atoms with Gasteiger partial charge in [-0.3, -0.25) is 10.1 Å². The second-order valence-electron chi connectivity index (χ2n) is 6.36. The summed E-state index contributed by atoms with van der Waals surface area (Å²) in [6.45, 7) is -0.995. The number of methoxy groups -OCH3 is 1. The summed E-state index contributed by atoms with van der Waals surface area (Å²) in [6.07, 6.45) is -1.55. The minimum atomic E-state index is -4.36. The van der Waals surface area contributed by atoms with E-state index in [1.54, 1.807) is 7.11 Å². The maximum atomic E-state index is 12.6. The second kappa shape index (κ2) is 6.63. The number of carbonyl (C=O) groups is 1. The molecular weight excluding hydrogens is 321 g/mol. The summed E-state index contributed by atoms with van der Waals surface area (Å²) in [7, 11) is 1.62. The van der Waals surface area contributed by atoms with Gasteiger partial charge in [0.05, 0.1) is 13.2 Å². The monoisotopic (exact) mass is 342 g/mol. The first kappa shape index (κ1) is 17.1. The molecule has 0 saturated carbocycles. The van der Waals surface area contributed by atoms with Gasteiger partial charge in [0.1, 0.15) is 12.3 Å². The molecule has 2 aliphatic rings. The Labute approximate surface area is 139 Å². The van der Waals surface area contributed by atoms with Crippen molar-refractivity contribution in [2.24, 2.45) is 0 Å². The number of hydrogen-bond acceptors (Lipinski definition) is 3. The summed E-state index contributed by atoms with van der Waals surface area (Å²) >= 11 is 0. The zero-order valence-corrected chi connectivity index (χ0v) is 13.5. The van der Waals surface area contributed by atoms with E-state index in [1.165, 1.54) is 0 Å². The van der Waals surface area contributed by atoms with E-state index < -0.39 is 24.7 Å². The van der Waals surface area contributed by atoms with Crippen molar-refractivity contribution in [1.82, 2.24) is 10.2 Å². The van der Waals surface area contributed by atoms with Gasteiger partial charge < -0.3 is 9.64 Å². The topological polar surface area (TPSA) is 41.6 Å². The molecule has 0 bridgehead atoms. The van der Waals surface area contributed by atoms with Crippen LogP contribution in [0.3, 0.4) is 0 Å². The van der Waals surface area contributed by atoms with Gasteiger partial charge in [0, 0.05) is 12.6 Å². The van der Waals surface area contributed by atoms with Crippen molar-refractivity contribution in [1.29, 1.82) is 0 Å². The zero-order valence-electron chi connectivity index (χ0n) is 13.5. The van der Waals surface area contributed by atoms with Crippen LogP contribution in [-0.4, -0.2) is 43.2 Å². The third-order valence-electron chi connectivity index (χ3n) is 4.75. The third-order valence-corrected chi connectivity index (χ3v) is 4.75. The molecule has 1 aliphatic carbocycles. The molecule has 7 heteroatoms. The van der Waals surface area contributed by atoms with Crippen LogP contribution in [-0.2, 0) is 11.2 Å². The summed E-state index contributed by atoms with van der Waals surface area (Å²) in [6, 6.07) is 5.22. The number of hydrogen-bond donors (Lipinski definition) is 1. The Morgan fingerprint density at radius 3 is 2.79 bits per heavy atom. The first-order chi connectivity index (χ1) is 11.4. The summed E-state index contributed by atoms with van der Waals surface area (Å²) < 4.78 is 43.2. The molecule has 132 valence electrons. The predicted octanol–water partition coefficient (Wildman–Crippen LogP) is 2.83. The van der Waals surface area contributed by atoms with Crippen molar-refractivity contribution in [2.75, 3.05) is 20.2 Å². The first-order valence-corrected chi connectivity index (χ1v) is 8.16.